The first-order chi connectivity index (χ1) is 8.42. The van der Waals surface area contributed by atoms with Crippen molar-refractivity contribution >= 4 is 11.6 Å². The summed E-state index contributed by atoms with van der Waals surface area (Å²) in [5, 5.41) is 22.3. The maximum Gasteiger partial charge on any atom is 0.270 e. The first-order valence-electron chi connectivity index (χ1n) is 5.29. The van der Waals surface area contributed by atoms with Crippen molar-refractivity contribution in [3.05, 3.63) is 47.4 Å². The number of amides is 1. The summed E-state index contributed by atoms with van der Waals surface area (Å²) in [5.41, 5.74) is 6.09. The zero-order valence-corrected chi connectivity index (χ0v) is 9.71. The summed E-state index contributed by atoms with van der Waals surface area (Å²) in [7, 11) is 0. The van der Waals surface area contributed by atoms with E-state index >= 15 is 0 Å². The second-order valence-corrected chi connectivity index (χ2v) is 4.04. The monoisotopic (exact) mass is 247 g/mol. The molecule has 6 nitrogen and oxygen atoms in total. The van der Waals surface area contributed by atoms with E-state index < -0.39 is 17.5 Å². The van der Waals surface area contributed by atoms with Crippen LogP contribution < -0.4 is 11.1 Å². The zero-order chi connectivity index (χ0) is 13.3. The molecule has 5 N–H and O–H groups in total. The number of aliphatic hydroxyl groups excluding tert-OH is 1. The average Bonchev–Trinajstić information content (AvgIpc) is 2.32. The largest absolute Gasteiger partial charge is 0.504 e. The molecule has 0 radical (unpaired) electrons. The Hall–Kier alpha value is -2.34. The van der Waals surface area contributed by atoms with E-state index in [-0.39, 0.29) is 5.71 Å². The molecule has 0 fully saturated rings. The highest BCUT2D eigenvalue weighted by molar-refractivity contribution is 6.44. The molecule has 0 saturated carbocycles. The quantitative estimate of drug-likeness (QED) is 0.591. The van der Waals surface area contributed by atoms with Crippen molar-refractivity contribution in [2.24, 2.45) is 10.7 Å². The minimum absolute atomic E-state index is 0.363. The molecule has 1 atom stereocenters. The smallest absolute Gasteiger partial charge is 0.270 e. The molecule has 1 aromatic rings. The van der Waals surface area contributed by atoms with Crippen LogP contribution in [0, 0.1) is 6.92 Å². The number of nitrogens with one attached hydrogen (secondary N) is 1. The predicted molar refractivity (Wildman–Crippen MR) is 65.6 cm³/mol. The minimum Gasteiger partial charge on any atom is -0.504 e. The molecule has 1 amide bonds. The minimum atomic E-state index is -1.80. The fourth-order valence-electron chi connectivity index (χ4n) is 1.68. The first kappa shape index (κ1) is 12.1. The van der Waals surface area contributed by atoms with E-state index in [1.165, 1.54) is 0 Å². The lowest BCUT2D eigenvalue weighted by Crippen LogP contribution is -2.44. The molecule has 0 aliphatic carbocycles. The molecule has 1 heterocycles. The molecule has 1 aliphatic rings. The number of aryl methyl sites for hydroxylation is 1. The van der Waals surface area contributed by atoms with Gasteiger partial charge in [0.15, 0.2) is 11.5 Å². The third kappa shape index (κ3) is 2.05. The average molecular weight is 247 g/mol. The van der Waals surface area contributed by atoms with Gasteiger partial charge in [0.05, 0.1) is 0 Å². The topological polar surface area (TPSA) is 108 Å². The number of aliphatic hydroxyl groups is 2. The van der Waals surface area contributed by atoms with E-state index in [0.29, 0.717) is 5.56 Å². The molecule has 2 rings (SSSR count). The van der Waals surface area contributed by atoms with Gasteiger partial charge in [0.1, 0.15) is 0 Å². The van der Waals surface area contributed by atoms with Gasteiger partial charge in [-0.25, -0.2) is 4.99 Å². The Bertz CT molecular complexity index is 565. The van der Waals surface area contributed by atoms with E-state index in [1.54, 1.807) is 18.2 Å². The number of benzene rings is 1. The van der Waals surface area contributed by atoms with E-state index in [1.807, 2.05) is 13.0 Å². The van der Waals surface area contributed by atoms with Crippen molar-refractivity contribution < 1.29 is 15.0 Å². The Morgan fingerprint density at radius 2 is 2.22 bits per heavy atom. The summed E-state index contributed by atoms with van der Waals surface area (Å²) < 4.78 is 0. The fraction of sp³-hybridized carbons (Fsp3) is 0.167. The number of hydrogen-bond acceptors (Lipinski definition) is 5. The standard InChI is InChI=1S/C12H13N3O3/c1-7-3-2-4-8(5-7)12(18)14-6-9(16)10(15-12)11(13)17/h2-6,14,16,18H,1H3,(H2,13,17). The lowest BCUT2D eigenvalue weighted by Gasteiger charge is -2.28. The molecule has 1 aromatic carbocycles. The van der Waals surface area contributed by atoms with E-state index in [9.17, 15) is 15.0 Å². The Kier molecular flexibility index (Phi) is 2.80. The second-order valence-electron chi connectivity index (χ2n) is 4.04. The van der Waals surface area contributed by atoms with Crippen molar-refractivity contribution in [1.82, 2.24) is 5.32 Å². The van der Waals surface area contributed by atoms with Crippen molar-refractivity contribution in [2.45, 2.75) is 12.8 Å². The summed E-state index contributed by atoms with van der Waals surface area (Å²) in [4.78, 5) is 14.9. The van der Waals surface area contributed by atoms with E-state index in [4.69, 9.17) is 5.73 Å². The van der Waals surface area contributed by atoms with Gasteiger partial charge in [-0.2, -0.15) is 0 Å². The summed E-state index contributed by atoms with van der Waals surface area (Å²) in [6.45, 7) is 1.86. The first-order valence-corrected chi connectivity index (χ1v) is 5.29. The molecule has 1 unspecified atom stereocenters. The predicted octanol–water partition coefficient (Wildman–Crippen LogP) is 0.0265. The Morgan fingerprint density at radius 1 is 1.50 bits per heavy atom. The zero-order valence-electron chi connectivity index (χ0n) is 9.71. The Balaban J connectivity index is 2.48. The SMILES string of the molecule is Cc1cccc(C2(O)N=C(C(N)=O)C(O)=CN2)c1. The number of nitrogens with zero attached hydrogens (tertiary/aromatic N) is 1. The van der Waals surface area contributed by atoms with Gasteiger partial charge in [-0.05, 0) is 13.0 Å². The molecule has 94 valence electrons. The summed E-state index contributed by atoms with van der Waals surface area (Å²) >= 11 is 0. The fourth-order valence-corrected chi connectivity index (χ4v) is 1.68. The lowest BCUT2D eigenvalue weighted by molar-refractivity contribution is -0.112. The molecule has 18 heavy (non-hydrogen) atoms. The number of nitrogens with two attached hydrogens (primary N) is 1. The molecule has 0 saturated heterocycles. The van der Waals surface area contributed by atoms with Crippen LogP contribution in [0.2, 0.25) is 0 Å². The molecule has 0 bridgehead atoms. The highest BCUT2D eigenvalue weighted by Crippen LogP contribution is 2.24. The van der Waals surface area contributed by atoms with Crippen LogP contribution >= 0.6 is 0 Å². The van der Waals surface area contributed by atoms with Crippen molar-refractivity contribution in [3.63, 3.8) is 0 Å². The van der Waals surface area contributed by atoms with Gasteiger partial charge in [-0.1, -0.05) is 23.8 Å². The summed E-state index contributed by atoms with van der Waals surface area (Å²) in [5.74, 6) is -3.11. The molecule has 1 aliphatic heterocycles. The number of rotatable bonds is 2. The molecule has 0 spiro atoms. The Labute approximate surface area is 103 Å². The van der Waals surface area contributed by atoms with Crippen LogP contribution in [0.15, 0.2) is 41.2 Å². The van der Waals surface area contributed by atoms with Crippen LogP contribution in [0.3, 0.4) is 0 Å². The summed E-state index contributed by atoms with van der Waals surface area (Å²) in [6.07, 6.45) is 1.09. The maximum atomic E-state index is 11.1. The summed E-state index contributed by atoms with van der Waals surface area (Å²) in [6, 6.07) is 6.98. The van der Waals surface area contributed by atoms with Crippen molar-refractivity contribution in [3.8, 4) is 0 Å². The van der Waals surface area contributed by atoms with Gasteiger partial charge in [-0.15, -0.1) is 0 Å². The van der Waals surface area contributed by atoms with Crippen LogP contribution in [0.25, 0.3) is 0 Å². The van der Waals surface area contributed by atoms with Crippen molar-refractivity contribution in [2.75, 3.05) is 0 Å². The van der Waals surface area contributed by atoms with Crippen LogP contribution in [0.1, 0.15) is 11.1 Å². The Morgan fingerprint density at radius 3 is 2.83 bits per heavy atom. The third-order valence-corrected chi connectivity index (χ3v) is 2.58. The maximum absolute atomic E-state index is 11.1. The van der Waals surface area contributed by atoms with Crippen molar-refractivity contribution in [1.29, 1.82) is 0 Å². The van der Waals surface area contributed by atoms with Gasteiger partial charge in [0.25, 0.3) is 11.8 Å². The number of aliphatic imine (C=N–C) groups is 1. The van der Waals surface area contributed by atoms with E-state index in [0.717, 1.165) is 11.8 Å². The molecule has 6 heteroatoms. The number of carbonyl (C=O) groups is 1. The van der Waals surface area contributed by atoms with Gasteiger partial charge >= 0.3 is 0 Å². The van der Waals surface area contributed by atoms with Gasteiger partial charge < -0.3 is 21.3 Å². The van der Waals surface area contributed by atoms with Crippen LogP contribution in [0.5, 0.6) is 0 Å². The number of carbonyl (C=O) groups excluding carboxylic acids is 1. The van der Waals surface area contributed by atoms with Gasteiger partial charge in [0, 0.05) is 11.8 Å². The van der Waals surface area contributed by atoms with Gasteiger partial charge in [-0.3, -0.25) is 4.79 Å². The van der Waals surface area contributed by atoms with Crippen LogP contribution in [-0.2, 0) is 10.6 Å². The molecular weight excluding hydrogens is 234 g/mol. The van der Waals surface area contributed by atoms with Gasteiger partial charge in [0.2, 0.25) is 0 Å². The normalized spacial score (nSPS) is 22.8. The third-order valence-electron chi connectivity index (χ3n) is 2.58. The molecule has 0 aromatic heterocycles. The molecular formula is C12H13N3O3. The van der Waals surface area contributed by atoms with Crippen LogP contribution in [0.4, 0.5) is 0 Å². The lowest BCUT2D eigenvalue weighted by atomic mass is 10.1. The van der Waals surface area contributed by atoms with Crippen LogP contribution in [-0.4, -0.2) is 21.8 Å². The highest BCUT2D eigenvalue weighted by Gasteiger charge is 2.33. The number of hydrogen-bond donors (Lipinski definition) is 4. The highest BCUT2D eigenvalue weighted by atomic mass is 16.3. The number of primary amides is 1. The van der Waals surface area contributed by atoms with E-state index in [2.05, 4.69) is 10.3 Å². The second kappa shape index (κ2) is 4.15.